The minimum absolute atomic E-state index is 0.353. The summed E-state index contributed by atoms with van der Waals surface area (Å²) in [6.45, 7) is 1.01. The van der Waals surface area contributed by atoms with E-state index in [-0.39, 0.29) is 0 Å². The average molecular weight is 256 g/mol. The molecule has 1 N–H and O–H groups in total. The van der Waals surface area contributed by atoms with Crippen LogP contribution in [0.2, 0.25) is 0 Å². The summed E-state index contributed by atoms with van der Waals surface area (Å²) in [7, 11) is 1.97. The molecule has 1 heterocycles. The van der Waals surface area contributed by atoms with Gasteiger partial charge in [-0.15, -0.1) is 0 Å². The third-order valence-corrected chi connectivity index (χ3v) is 2.97. The number of nitrogens with one attached hydrogen (secondary N) is 1. The number of halogens is 1. The van der Waals surface area contributed by atoms with Crippen molar-refractivity contribution in [1.29, 1.82) is 0 Å². The topological polar surface area (TPSA) is 21.3 Å². The van der Waals surface area contributed by atoms with E-state index in [4.69, 9.17) is 4.74 Å². The SMILES string of the molecule is CNCCC1Cc2cc(Br)ccc2O1. The van der Waals surface area contributed by atoms with Crippen LogP contribution in [0.3, 0.4) is 0 Å². The molecule has 0 saturated heterocycles. The number of hydrogen-bond acceptors (Lipinski definition) is 2. The summed E-state index contributed by atoms with van der Waals surface area (Å²) in [6, 6.07) is 6.22. The molecule has 0 fully saturated rings. The molecule has 0 bridgehead atoms. The van der Waals surface area contributed by atoms with Crippen molar-refractivity contribution in [2.45, 2.75) is 18.9 Å². The molecule has 3 heteroatoms. The van der Waals surface area contributed by atoms with Gasteiger partial charge in [0.15, 0.2) is 0 Å². The monoisotopic (exact) mass is 255 g/mol. The zero-order valence-corrected chi connectivity index (χ0v) is 9.80. The van der Waals surface area contributed by atoms with E-state index >= 15 is 0 Å². The molecule has 1 unspecified atom stereocenters. The third-order valence-electron chi connectivity index (χ3n) is 2.48. The largest absolute Gasteiger partial charge is 0.490 e. The predicted octanol–water partition coefficient (Wildman–Crippen LogP) is 2.36. The predicted molar refractivity (Wildman–Crippen MR) is 60.8 cm³/mol. The fourth-order valence-corrected chi connectivity index (χ4v) is 2.16. The Bertz CT molecular complexity index is 327. The lowest BCUT2D eigenvalue weighted by molar-refractivity contribution is 0.221. The number of hydrogen-bond donors (Lipinski definition) is 1. The first kappa shape index (κ1) is 9.99. The second-order valence-electron chi connectivity index (χ2n) is 3.59. The van der Waals surface area contributed by atoms with Crippen LogP contribution in [-0.4, -0.2) is 19.7 Å². The first-order valence-corrected chi connectivity index (χ1v) is 5.68. The molecule has 0 saturated carbocycles. The van der Waals surface area contributed by atoms with E-state index < -0.39 is 0 Å². The highest BCUT2D eigenvalue weighted by atomic mass is 79.9. The molecule has 76 valence electrons. The molecule has 2 rings (SSSR count). The van der Waals surface area contributed by atoms with Gasteiger partial charge in [0.2, 0.25) is 0 Å². The van der Waals surface area contributed by atoms with E-state index in [1.54, 1.807) is 0 Å². The molecule has 0 aliphatic carbocycles. The quantitative estimate of drug-likeness (QED) is 0.896. The number of rotatable bonds is 3. The standard InChI is InChI=1S/C11H14BrNO/c1-13-5-4-10-7-8-6-9(12)2-3-11(8)14-10/h2-3,6,10,13H,4-5,7H2,1H3. The Morgan fingerprint density at radius 2 is 2.43 bits per heavy atom. The number of benzene rings is 1. The van der Waals surface area contributed by atoms with E-state index in [2.05, 4.69) is 27.3 Å². The van der Waals surface area contributed by atoms with E-state index in [0.29, 0.717) is 6.10 Å². The van der Waals surface area contributed by atoms with Crippen LogP contribution in [0.15, 0.2) is 22.7 Å². The molecule has 2 nitrogen and oxygen atoms in total. The van der Waals surface area contributed by atoms with Gasteiger partial charge in [0.1, 0.15) is 11.9 Å². The summed E-state index contributed by atoms with van der Waals surface area (Å²) >= 11 is 3.47. The Labute approximate surface area is 92.8 Å². The van der Waals surface area contributed by atoms with Crippen LogP contribution < -0.4 is 10.1 Å². The Hall–Kier alpha value is -0.540. The summed E-state index contributed by atoms with van der Waals surface area (Å²) in [5.41, 5.74) is 1.32. The van der Waals surface area contributed by atoms with Crippen molar-refractivity contribution in [2.24, 2.45) is 0 Å². The zero-order valence-electron chi connectivity index (χ0n) is 8.22. The average Bonchev–Trinajstić information content (AvgIpc) is 2.56. The highest BCUT2D eigenvalue weighted by Gasteiger charge is 2.21. The maximum absolute atomic E-state index is 5.80. The Morgan fingerprint density at radius 3 is 3.21 bits per heavy atom. The normalized spacial score (nSPS) is 19.1. The molecule has 1 aliphatic rings. The minimum Gasteiger partial charge on any atom is -0.490 e. The fraction of sp³-hybridized carbons (Fsp3) is 0.455. The fourth-order valence-electron chi connectivity index (χ4n) is 1.76. The second kappa shape index (κ2) is 4.32. The molecular weight excluding hydrogens is 242 g/mol. The molecular formula is C11H14BrNO. The van der Waals surface area contributed by atoms with Crippen LogP contribution in [-0.2, 0) is 6.42 Å². The van der Waals surface area contributed by atoms with Gasteiger partial charge >= 0.3 is 0 Å². The third kappa shape index (κ3) is 2.10. The van der Waals surface area contributed by atoms with Gasteiger partial charge < -0.3 is 10.1 Å². The van der Waals surface area contributed by atoms with Crippen LogP contribution in [0.4, 0.5) is 0 Å². The Morgan fingerprint density at radius 1 is 1.57 bits per heavy atom. The molecule has 1 atom stereocenters. The maximum Gasteiger partial charge on any atom is 0.123 e. The van der Waals surface area contributed by atoms with Gasteiger partial charge in [0, 0.05) is 10.9 Å². The smallest absolute Gasteiger partial charge is 0.123 e. The van der Waals surface area contributed by atoms with Gasteiger partial charge in [0.25, 0.3) is 0 Å². The number of ether oxygens (including phenoxy) is 1. The molecule has 1 aromatic rings. The first-order chi connectivity index (χ1) is 6.79. The van der Waals surface area contributed by atoms with E-state index in [1.165, 1.54) is 5.56 Å². The molecule has 0 aromatic heterocycles. The van der Waals surface area contributed by atoms with Gasteiger partial charge in [-0.1, -0.05) is 15.9 Å². The van der Waals surface area contributed by atoms with Crippen molar-refractivity contribution in [1.82, 2.24) is 5.32 Å². The van der Waals surface area contributed by atoms with Crippen LogP contribution in [0.5, 0.6) is 5.75 Å². The van der Waals surface area contributed by atoms with Gasteiger partial charge in [-0.3, -0.25) is 0 Å². The molecule has 1 aromatic carbocycles. The van der Waals surface area contributed by atoms with E-state index in [9.17, 15) is 0 Å². The van der Waals surface area contributed by atoms with Crippen LogP contribution in [0.25, 0.3) is 0 Å². The summed E-state index contributed by atoms with van der Waals surface area (Å²) in [4.78, 5) is 0. The first-order valence-electron chi connectivity index (χ1n) is 4.89. The van der Waals surface area contributed by atoms with Crippen molar-refractivity contribution in [2.75, 3.05) is 13.6 Å². The summed E-state index contributed by atoms with van der Waals surface area (Å²) in [5, 5.41) is 3.14. The summed E-state index contributed by atoms with van der Waals surface area (Å²) in [5.74, 6) is 1.05. The zero-order chi connectivity index (χ0) is 9.97. The van der Waals surface area contributed by atoms with Gasteiger partial charge in [-0.2, -0.15) is 0 Å². The van der Waals surface area contributed by atoms with Crippen LogP contribution >= 0.6 is 15.9 Å². The Balaban J connectivity index is 2.03. The lowest BCUT2D eigenvalue weighted by atomic mass is 10.1. The van der Waals surface area contributed by atoms with Crippen molar-refractivity contribution in [3.63, 3.8) is 0 Å². The Kier molecular flexibility index (Phi) is 3.08. The van der Waals surface area contributed by atoms with Crippen molar-refractivity contribution in [3.05, 3.63) is 28.2 Å². The molecule has 0 amide bonds. The molecule has 1 aliphatic heterocycles. The second-order valence-corrected chi connectivity index (χ2v) is 4.50. The summed E-state index contributed by atoms with van der Waals surface area (Å²) < 4.78 is 6.94. The van der Waals surface area contributed by atoms with Crippen molar-refractivity contribution >= 4 is 15.9 Å². The van der Waals surface area contributed by atoms with E-state index in [1.807, 2.05) is 19.2 Å². The number of fused-ring (bicyclic) bond motifs is 1. The highest BCUT2D eigenvalue weighted by molar-refractivity contribution is 9.10. The summed E-state index contributed by atoms with van der Waals surface area (Å²) in [6.07, 6.45) is 2.46. The molecule has 14 heavy (non-hydrogen) atoms. The minimum atomic E-state index is 0.353. The molecule has 0 spiro atoms. The van der Waals surface area contributed by atoms with Crippen molar-refractivity contribution < 1.29 is 4.74 Å². The van der Waals surface area contributed by atoms with Crippen LogP contribution in [0, 0.1) is 0 Å². The maximum atomic E-state index is 5.80. The van der Waals surface area contributed by atoms with E-state index in [0.717, 1.165) is 29.6 Å². The van der Waals surface area contributed by atoms with Gasteiger partial charge in [-0.05, 0) is 43.8 Å². The van der Waals surface area contributed by atoms with Gasteiger partial charge in [0.05, 0.1) is 0 Å². The lowest BCUT2D eigenvalue weighted by Gasteiger charge is -2.09. The van der Waals surface area contributed by atoms with Gasteiger partial charge in [-0.25, -0.2) is 0 Å². The highest BCUT2D eigenvalue weighted by Crippen LogP contribution is 2.31. The van der Waals surface area contributed by atoms with Crippen LogP contribution in [0.1, 0.15) is 12.0 Å². The molecule has 0 radical (unpaired) electrons. The lowest BCUT2D eigenvalue weighted by Crippen LogP contribution is -2.20. The van der Waals surface area contributed by atoms with Crippen molar-refractivity contribution in [3.8, 4) is 5.75 Å².